The summed E-state index contributed by atoms with van der Waals surface area (Å²) >= 11 is 0. The van der Waals surface area contributed by atoms with E-state index in [1.54, 1.807) is 6.07 Å². The van der Waals surface area contributed by atoms with Crippen molar-refractivity contribution in [3.05, 3.63) is 18.2 Å². The van der Waals surface area contributed by atoms with Gasteiger partial charge in [0.1, 0.15) is 0 Å². The van der Waals surface area contributed by atoms with Gasteiger partial charge in [-0.25, -0.2) is 13.1 Å². The zero-order valence-electron chi connectivity index (χ0n) is 14.8. The highest BCUT2D eigenvalue weighted by Gasteiger charge is 2.24. The number of nitrogens with one attached hydrogen (secondary N) is 1. The van der Waals surface area contributed by atoms with Crippen LogP contribution in [0.3, 0.4) is 0 Å². The van der Waals surface area contributed by atoms with Crippen LogP contribution in [0.2, 0.25) is 0 Å². The Kier molecular flexibility index (Phi) is 9.65. The van der Waals surface area contributed by atoms with Gasteiger partial charge in [-0.2, -0.15) is 0 Å². The first kappa shape index (κ1) is 23.0. The summed E-state index contributed by atoms with van der Waals surface area (Å²) in [6, 6.07) is 4.59. The molecule has 140 valence electrons. The summed E-state index contributed by atoms with van der Waals surface area (Å²) < 4.78 is 38.5. The molecule has 0 aliphatic heterocycles. The summed E-state index contributed by atoms with van der Waals surface area (Å²) in [5, 5.41) is 0. The lowest BCUT2D eigenvalue weighted by Crippen LogP contribution is -2.49. The van der Waals surface area contributed by atoms with Gasteiger partial charge in [-0.05, 0) is 38.8 Å². The maximum absolute atomic E-state index is 12.5. The van der Waals surface area contributed by atoms with Crippen LogP contribution in [0.5, 0.6) is 11.5 Å². The molecule has 0 unspecified atom stereocenters. The van der Waals surface area contributed by atoms with Crippen molar-refractivity contribution < 1.29 is 17.9 Å². The molecular formula is C16H29ClN2O4S. The van der Waals surface area contributed by atoms with Crippen molar-refractivity contribution in [3.63, 3.8) is 0 Å². The quantitative estimate of drug-likeness (QED) is 0.651. The molecule has 3 N–H and O–H groups in total. The van der Waals surface area contributed by atoms with Crippen LogP contribution < -0.4 is 19.9 Å². The topological polar surface area (TPSA) is 90.7 Å². The van der Waals surface area contributed by atoms with Crippen LogP contribution in [-0.4, -0.2) is 33.7 Å². The van der Waals surface area contributed by atoms with Crippen molar-refractivity contribution in [1.29, 1.82) is 0 Å². The van der Waals surface area contributed by atoms with Crippen LogP contribution in [0.1, 0.15) is 40.5 Å². The number of sulfonamides is 1. The lowest BCUT2D eigenvalue weighted by Gasteiger charge is -2.26. The highest BCUT2D eigenvalue weighted by Crippen LogP contribution is 2.30. The smallest absolute Gasteiger partial charge is 0.240 e. The molecule has 24 heavy (non-hydrogen) atoms. The van der Waals surface area contributed by atoms with Crippen LogP contribution in [0.25, 0.3) is 0 Å². The lowest BCUT2D eigenvalue weighted by atomic mass is 9.95. The van der Waals surface area contributed by atoms with Gasteiger partial charge in [0, 0.05) is 18.2 Å². The van der Waals surface area contributed by atoms with Gasteiger partial charge in [0.05, 0.1) is 18.1 Å². The van der Waals surface area contributed by atoms with Crippen molar-refractivity contribution in [3.8, 4) is 11.5 Å². The minimum atomic E-state index is -3.65. The van der Waals surface area contributed by atoms with Gasteiger partial charge >= 0.3 is 0 Å². The summed E-state index contributed by atoms with van der Waals surface area (Å²) in [5.41, 5.74) is 5.61. The Labute approximate surface area is 151 Å². The summed E-state index contributed by atoms with van der Waals surface area (Å²) in [6.45, 7) is 8.68. The number of halogens is 1. The molecule has 0 bridgehead atoms. The average molecular weight is 381 g/mol. The maximum Gasteiger partial charge on any atom is 0.240 e. The van der Waals surface area contributed by atoms with Crippen LogP contribution in [-0.2, 0) is 10.0 Å². The van der Waals surface area contributed by atoms with Crippen molar-refractivity contribution in [2.75, 3.05) is 19.8 Å². The fourth-order valence-electron chi connectivity index (χ4n) is 2.02. The molecule has 1 aromatic carbocycles. The van der Waals surface area contributed by atoms with E-state index in [-0.39, 0.29) is 23.8 Å². The van der Waals surface area contributed by atoms with Crippen LogP contribution in [0.4, 0.5) is 0 Å². The predicted octanol–water partition coefficient (Wildman–Crippen LogP) is 2.70. The van der Waals surface area contributed by atoms with Crippen LogP contribution in [0.15, 0.2) is 23.1 Å². The van der Waals surface area contributed by atoms with Crippen molar-refractivity contribution >= 4 is 22.4 Å². The molecule has 0 radical (unpaired) electrons. The molecule has 0 saturated heterocycles. The first-order chi connectivity index (χ1) is 10.8. The zero-order valence-corrected chi connectivity index (χ0v) is 16.4. The second-order valence-corrected chi connectivity index (χ2v) is 7.14. The Balaban J connectivity index is 0.00000529. The fraction of sp³-hybridized carbons (Fsp3) is 0.625. The third kappa shape index (κ3) is 6.12. The molecule has 0 fully saturated rings. The third-order valence-corrected chi connectivity index (χ3v) is 5.25. The Hall–Kier alpha value is -1.02. The van der Waals surface area contributed by atoms with E-state index in [1.807, 2.05) is 27.7 Å². The molecule has 1 rings (SSSR count). The van der Waals surface area contributed by atoms with E-state index in [1.165, 1.54) is 12.1 Å². The predicted molar refractivity (Wildman–Crippen MR) is 98.7 cm³/mol. The fourth-order valence-corrected chi connectivity index (χ4v) is 3.17. The maximum atomic E-state index is 12.5. The van der Waals surface area contributed by atoms with E-state index in [4.69, 9.17) is 15.2 Å². The summed E-state index contributed by atoms with van der Waals surface area (Å²) in [5.74, 6) is 0.950. The number of hydrogen-bond acceptors (Lipinski definition) is 5. The monoisotopic (exact) mass is 380 g/mol. The van der Waals surface area contributed by atoms with E-state index in [9.17, 15) is 8.42 Å². The number of ether oxygens (including phenoxy) is 2. The minimum Gasteiger partial charge on any atom is -0.490 e. The van der Waals surface area contributed by atoms with Crippen molar-refractivity contribution in [1.82, 2.24) is 4.72 Å². The summed E-state index contributed by atoms with van der Waals surface area (Å²) in [4.78, 5) is 0.138. The van der Waals surface area contributed by atoms with Gasteiger partial charge in [-0.3, -0.25) is 0 Å². The molecule has 0 amide bonds. The zero-order chi connectivity index (χ0) is 17.5. The largest absolute Gasteiger partial charge is 0.490 e. The van der Waals surface area contributed by atoms with Gasteiger partial charge in [-0.1, -0.05) is 13.8 Å². The first-order valence-electron chi connectivity index (χ1n) is 8.00. The number of benzene rings is 1. The van der Waals surface area contributed by atoms with Crippen LogP contribution >= 0.6 is 12.4 Å². The molecular weight excluding hydrogens is 352 g/mol. The second-order valence-electron chi connectivity index (χ2n) is 5.37. The molecule has 0 aliphatic rings. The first-order valence-corrected chi connectivity index (χ1v) is 9.48. The average Bonchev–Trinajstić information content (AvgIpc) is 2.54. The van der Waals surface area contributed by atoms with E-state index in [0.29, 0.717) is 37.6 Å². The standard InChI is InChI=1S/C16H28N2O4S.ClH/c1-5-16(17,6-2)12-18-23(19,20)13-9-10-14(21-7-3)15(11-13)22-8-4;/h9-11,18H,5-8,12,17H2,1-4H3;1H. The number of rotatable bonds is 10. The molecule has 6 nitrogen and oxygen atoms in total. The lowest BCUT2D eigenvalue weighted by molar-refractivity contribution is 0.287. The minimum absolute atomic E-state index is 0. The van der Waals surface area contributed by atoms with Crippen molar-refractivity contribution in [2.45, 2.75) is 51.0 Å². The Morgan fingerprint density at radius 1 is 1.04 bits per heavy atom. The Bertz CT molecular complexity index is 604. The normalized spacial score (nSPS) is 11.7. The van der Waals surface area contributed by atoms with Gasteiger partial charge in [-0.15, -0.1) is 12.4 Å². The van der Waals surface area contributed by atoms with Gasteiger partial charge < -0.3 is 15.2 Å². The number of hydrogen-bond donors (Lipinski definition) is 2. The molecule has 0 heterocycles. The molecule has 0 aliphatic carbocycles. The highest BCUT2D eigenvalue weighted by atomic mass is 35.5. The van der Waals surface area contributed by atoms with Crippen molar-refractivity contribution in [2.24, 2.45) is 5.73 Å². The summed E-state index contributed by atoms with van der Waals surface area (Å²) in [7, 11) is -3.65. The second kappa shape index (κ2) is 10.1. The molecule has 0 aromatic heterocycles. The van der Waals surface area contributed by atoms with Crippen LogP contribution in [0, 0.1) is 0 Å². The summed E-state index contributed by atoms with van der Waals surface area (Å²) in [6.07, 6.45) is 1.39. The molecule has 1 aromatic rings. The van der Waals surface area contributed by atoms with Gasteiger partial charge in [0.15, 0.2) is 11.5 Å². The third-order valence-electron chi connectivity index (χ3n) is 3.85. The number of nitrogens with two attached hydrogens (primary N) is 1. The van der Waals surface area contributed by atoms with E-state index >= 15 is 0 Å². The van der Waals surface area contributed by atoms with Gasteiger partial charge in [0.2, 0.25) is 10.0 Å². The Morgan fingerprint density at radius 3 is 2.08 bits per heavy atom. The van der Waals surface area contributed by atoms with E-state index < -0.39 is 15.6 Å². The molecule has 0 spiro atoms. The highest BCUT2D eigenvalue weighted by molar-refractivity contribution is 7.89. The van der Waals surface area contributed by atoms with E-state index in [0.717, 1.165) is 0 Å². The molecule has 8 heteroatoms. The molecule has 0 saturated carbocycles. The molecule has 0 atom stereocenters. The SMILES string of the molecule is CCOc1ccc(S(=O)(=O)NCC(N)(CC)CC)cc1OCC.Cl. The van der Waals surface area contributed by atoms with Gasteiger partial charge in [0.25, 0.3) is 0 Å². The van der Waals surface area contributed by atoms with E-state index in [2.05, 4.69) is 4.72 Å². The Morgan fingerprint density at radius 2 is 1.58 bits per heavy atom.